The van der Waals surface area contributed by atoms with Gasteiger partial charge >= 0.3 is 11.6 Å². The number of hydrogen-bond donors (Lipinski definition) is 0. The van der Waals surface area contributed by atoms with E-state index in [9.17, 15) is 9.59 Å². The fourth-order valence-electron chi connectivity index (χ4n) is 3.69. The lowest BCUT2D eigenvalue weighted by Crippen LogP contribution is -2.09. The van der Waals surface area contributed by atoms with E-state index in [1.807, 2.05) is 52.0 Å². The molecule has 4 aromatic rings. The van der Waals surface area contributed by atoms with Crippen molar-refractivity contribution >= 4 is 16.9 Å². The van der Waals surface area contributed by atoms with Gasteiger partial charge in [-0.1, -0.05) is 12.1 Å². The van der Waals surface area contributed by atoms with Crippen LogP contribution in [0.25, 0.3) is 16.7 Å². The SMILES string of the molecule is Cc1ccc2c(COC(=O)c3ccc(-n4c(C)ccc4C)cc3)cc(=O)oc2c1C. The van der Waals surface area contributed by atoms with Gasteiger partial charge in [-0.2, -0.15) is 0 Å². The topological polar surface area (TPSA) is 61.4 Å². The van der Waals surface area contributed by atoms with Crippen molar-refractivity contribution in [2.45, 2.75) is 34.3 Å². The van der Waals surface area contributed by atoms with Crippen LogP contribution in [0.5, 0.6) is 0 Å². The Morgan fingerprint density at radius 2 is 1.60 bits per heavy atom. The van der Waals surface area contributed by atoms with E-state index in [0.29, 0.717) is 16.7 Å². The van der Waals surface area contributed by atoms with Crippen LogP contribution in [0, 0.1) is 27.7 Å². The summed E-state index contributed by atoms with van der Waals surface area (Å²) in [5.41, 5.74) is 6.36. The maximum Gasteiger partial charge on any atom is 0.338 e. The van der Waals surface area contributed by atoms with Gasteiger partial charge in [-0.25, -0.2) is 9.59 Å². The number of rotatable bonds is 4. The van der Waals surface area contributed by atoms with Gasteiger partial charge in [0.2, 0.25) is 0 Å². The summed E-state index contributed by atoms with van der Waals surface area (Å²) in [5, 5.41) is 0.777. The maximum absolute atomic E-state index is 12.6. The average Bonchev–Trinajstić information content (AvgIpc) is 3.07. The summed E-state index contributed by atoms with van der Waals surface area (Å²) in [6, 6.07) is 16.6. The van der Waals surface area contributed by atoms with Crippen LogP contribution in [0.15, 0.2) is 63.8 Å². The van der Waals surface area contributed by atoms with Crippen molar-refractivity contribution in [3.8, 4) is 5.69 Å². The summed E-state index contributed by atoms with van der Waals surface area (Å²) in [6.45, 7) is 7.95. The lowest BCUT2D eigenvalue weighted by Gasteiger charge is -2.11. The molecule has 0 fully saturated rings. The second-order valence-corrected chi connectivity index (χ2v) is 7.55. The van der Waals surface area contributed by atoms with Gasteiger partial charge in [0.05, 0.1) is 5.56 Å². The van der Waals surface area contributed by atoms with Crippen molar-refractivity contribution in [3.05, 3.63) is 98.7 Å². The minimum atomic E-state index is -0.455. The summed E-state index contributed by atoms with van der Waals surface area (Å²) in [4.78, 5) is 24.5. The Kier molecular flexibility index (Phi) is 5.04. The first kappa shape index (κ1) is 19.7. The minimum Gasteiger partial charge on any atom is -0.457 e. The first-order valence-electron chi connectivity index (χ1n) is 9.80. The molecule has 5 heteroatoms. The molecule has 0 saturated heterocycles. The summed E-state index contributed by atoms with van der Waals surface area (Å²) in [5.74, 6) is -0.437. The average molecular weight is 401 g/mol. The monoisotopic (exact) mass is 401 g/mol. The zero-order chi connectivity index (χ0) is 21.4. The van der Waals surface area contributed by atoms with Crippen LogP contribution < -0.4 is 5.63 Å². The molecule has 0 unspecified atom stereocenters. The summed E-state index contributed by atoms with van der Waals surface area (Å²) < 4.78 is 13.0. The molecule has 0 saturated carbocycles. The van der Waals surface area contributed by atoms with Gasteiger partial charge in [-0.05, 0) is 75.2 Å². The molecular weight excluding hydrogens is 378 g/mol. The van der Waals surface area contributed by atoms with Crippen LogP contribution in [0.1, 0.15) is 38.4 Å². The van der Waals surface area contributed by atoms with Gasteiger partial charge in [-0.3, -0.25) is 0 Å². The Bertz CT molecular complexity index is 1290. The number of fused-ring (bicyclic) bond motifs is 1. The number of hydrogen-bond acceptors (Lipinski definition) is 4. The van der Waals surface area contributed by atoms with E-state index in [0.717, 1.165) is 33.6 Å². The number of benzene rings is 2. The predicted molar refractivity (Wildman–Crippen MR) is 116 cm³/mol. The quantitative estimate of drug-likeness (QED) is 0.349. The van der Waals surface area contributed by atoms with E-state index in [2.05, 4.69) is 16.7 Å². The van der Waals surface area contributed by atoms with Crippen LogP contribution in [-0.2, 0) is 11.3 Å². The number of aryl methyl sites for hydroxylation is 4. The molecule has 0 bridgehead atoms. The van der Waals surface area contributed by atoms with E-state index in [4.69, 9.17) is 9.15 Å². The summed E-state index contributed by atoms with van der Waals surface area (Å²) in [7, 11) is 0. The van der Waals surface area contributed by atoms with Gasteiger partial charge < -0.3 is 13.7 Å². The van der Waals surface area contributed by atoms with E-state index in [1.54, 1.807) is 12.1 Å². The molecule has 0 N–H and O–H groups in total. The molecule has 0 amide bonds. The molecule has 0 aliphatic rings. The van der Waals surface area contributed by atoms with Gasteiger partial charge in [0, 0.05) is 34.1 Å². The number of carbonyl (C=O) groups is 1. The third-order valence-corrected chi connectivity index (χ3v) is 5.51. The third kappa shape index (κ3) is 3.54. The molecule has 0 atom stereocenters. The lowest BCUT2D eigenvalue weighted by molar-refractivity contribution is 0.0474. The van der Waals surface area contributed by atoms with Crippen LogP contribution in [0.2, 0.25) is 0 Å². The smallest absolute Gasteiger partial charge is 0.338 e. The first-order valence-corrected chi connectivity index (χ1v) is 9.80. The van der Waals surface area contributed by atoms with Gasteiger partial charge in [0.25, 0.3) is 0 Å². The standard InChI is InChI=1S/C25H23NO4/c1-15-5-12-22-20(13-23(27)30-24(22)18(15)4)14-29-25(28)19-8-10-21(11-9-19)26-16(2)6-7-17(26)3/h5-13H,14H2,1-4H3. The number of nitrogens with zero attached hydrogens (tertiary/aromatic N) is 1. The molecule has 5 nitrogen and oxygen atoms in total. The Labute approximate surface area is 174 Å². The van der Waals surface area contributed by atoms with Gasteiger partial charge in [-0.15, -0.1) is 0 Å². The molecule has 2 aromatic carbocycles. The van der Waals surface area contributed by atoms with Crippen LogP contribution >= 0.6 is 0 Å². The second kappa shape index (κ2) is 7.67. The minimum absolute atomic E-state index is 0.000995. The lowest BCUT2D eigenvalue weighted by atomic mass is 10.0. The van der Waals surface area contributed by atoms with E-state index >= 15 is 0 Å². The molecule has 0 aliphatic carbocycles. The molecule has 152 valence electrons. The molecule has 30 heavy (non-hydrogen) atoms. The Morgan fingerprint density at radius 3 is 2.27 bits per heavy atom. The highest BCUT2D eigenvalue weighted by atomic mass is 16.5. The summed E-state index contributed by atoms with van der Waals surface area (Å²) >= 11 is 0. The molecule has 2 heterocycles. The second-order valence-electron chi connectivity index (χ2n) is 7.55. The van der Waals surface area contributed by atoms with Crippen molar-refractivity contribution in [1.82, 2.24) is 4.57 Å². The fourth-order valence-corrected chi connectivity index (χ4v) is 3.69. The highest BCUT2D eigenvalue weighted by Gasteiger charge is 2.13. The number of ether oxygens (including phenoxy) is 1. The molecule has 0 aliphatic heterocycles. The zero-order valence-corrected chi connectivity index (χ0v) is 17.5. The zero-order valence-electron chi connectivity index (χ0n) is 17.5. The van der Waals surface area contributed by atoms with Crippen LogP contribution in [0.3, 0.4) is 0 Å². The van der Waals surface area contributed by atoms with Crippen LogP contribution in [0.4, 0.5) is 0 Å². The number of esters is 1. The highest BCUT2D eigenvalue weighted by Crippen LogP contribution is 2.24. The van der Waals surface area contributed by atoms with Crippen molar-refractivity contribution < 1.29 is 13.9 Å². The van der Waals surface area contributed by atoms with Crippen molar-refractivity contribution in [3.63, 3.8) is 0 Å². The van der Waals surface area contributed by atoms with Crippen LogP contribution in [-0.4, -0.2) is 10.5 Å². The Balaban J connectivity index is 1.56. The van der Waals surface area contributed by atoms with Crippen molar-refractivity contribution in [2.75, 3.05) is 0 Å². The third-order valence-electron chi connectivity index (χ3n) is 5.51. The molecule has 2 aromatic heterocycles. The first-order chi connectivity index (χ1) is 14.3. The summed E-state index contributed by atoms with van der Waals surface area (Å²) in [6.07, 6.45) is 0. The van der Waals surface area contributed by atoms with E-state index in [-0.39, 0.29) is 6.61 Å². The molecule has 0 spiro atoms. The number of carbonyl (C=O) groups excluding carboxylic acids is 1. The molecular formula is C25H23NO4. The maximum atomic E-state index is 12.6. The molecule has 0 radical (unpaired) electrons. The van der Waals surface area contributed by atoms with Gasteiger partial charge in [0.15, 0.2) is 0 Å². The highest BCUT2D eigenvalue weighted by molar-refractivity contribution is 5.90. The largest absolute Gasteiger partial charge is 0.457 e. The number of aromatic nitrogens is 1. The predicted octanol–water partition coefficient (Wildman–Crippen LogP) is 5.17. The normalized spacial score (nSPS) is 11.1. The van der Waals surface area contributed by atoms with Crippen molar-refractivity contribution in [1.29, 1.82) is 0 Å². The van der Waals surface area contributed by atoms with E-state index < -0.39 is 11.6 Å². The van der Waals surface area contributed by atoms with Crippen molar-refractivity contribution in [2.24, 2.45) is 0 Å². The Morgan fingerprint density at radius 1 is 0.933 bits per heavy atom. The van der Waals surface area contributed by atoms with Gasteiger partial charge in [0.1, 0.15) is 12.2 Å². The Hall–Kier alpha value is -3.60. The van der Waals surface area contributed by atoms with E-state index in [1.165, 1.54) is 6.07 Å². The fraction of sp³-hybridized carbons (Fsp3) is 0.200. The molecule has 4 rings (SSSR count).